The molecule has 3 N–H and O–H groups in total. The second-order valence-electron chi connectivity index (χ2n) is 6.60. The first-order valence-electron chi connectivity index (χ1n) is 7.33. The Hall–Kier alpha value is -1.30. The number of carbonyl (C=O) groups is 2. The summed E-state index contributed by atoms with van der Waals surface area (Å²) in [5.41, 5.74) is -1.24. The lowest BCUT2D eigenvalue weighted by Crippen LogP contribution is -2.59. The maximum Gasteiger partial charge on any atom is 0.328 e. The van der Waals surface area contributed by atoms with Gasteiger partial charge in [0.1, 0.15) is 5.54 Å². The van der Waals surface area contributed by atoms with Gasteiger partial charge in [-0.2, -0.15) is 0 Å². The Morgan fingerprint density at radius 1 is 1.20 bits per heavy atom. The monoisotopic (exact) mass is 283 g/mol. The van der Waals surface area contributed by atoms with Crippen molar-refractivity contribution in [3.8, 4) is 0 Å². The average Bonchev–Trinajstić information content (AvgIpc) is 2.29. The summed E-state index contributed by atoms with van der Waals surface area (Å²) in [6.45, 7) is 2.97. The van der Waals surface area contributed by atoms with Crippen molar-refractivity contribution in [2.45, 2.75) is 69.6 Å². The van der Waals surface area contributed by atoms with Crippen molar-refractivity contribution in [1.29, 1.82) is 0 Å². The molecule has 2 aliphatic rings. The lowest BCUT2D eigenvalue weighted by atomic mass is 9.82. The molecule has 2 fully saturated rings. The van der Waals surface area contributed by atoms with E-state index in [1.54, 1.807) is 0 Å². The van der Waals surface area contributed by atoms with Gasteiger partial charge in [0.05, 0.1) is 0 Å². The van der Waals surface area contributed by atoms with Crippen molar-refractivity contribution in [3.63, 3.8) is 0 Å². The van der Waals surface area contributed by atoms with Crippen LogP contribution in [0.5, 0.6) is 0 Å². The number of hydrogen-bond donors (Lipinski definition) is 3. The first-order valence-corrected chi connectivity index (χ1v) is 7.33. The Morgan fingerprint density at radius 2 is 1.75 bits per heavy atom. The maximum atomic E-state index is 11.9. The number of piperidine rings is 2. The second-order valence-corrected chi connectivity index (χ2v) is 6.60. The van der Waals surface area contributed by atoms with Crippen molar-refractivity contribution in [2.75, 3.05) is 7.05 Å². The van der Waals surface area contributed by atoms with Crippen LogP contribution in [0.2, 0.25) is 0 Å². The number of nitrogens with zero attached hydrogens (tertiary/aromatic N) is 1. The highest BCUT2D eigenvalue weighted by Crippen LogP contribution is 2.32. The normalized spacial score (nSPS) is 30.6. The number of carboxylic acids is 1. The van der Waals surface area contributed by atoms with Crippen LogP contribution in [-0.4, -0.2) is 52.7 Å². The molecule has 20 heavy (non-hydrogen) atoms. The molecular weight excluding hydrogens is 258 g/mol. The minimum atomic E-state index is -1.24. The molecular formula is C14H25N3O3. The van der Waals surface area contributed by atoms with E-state index in [1.165, 1.54) is 33.1 Å². The summed E-state index contributed by atoms with van der Waals surface area (Å²) in [7, 11) is 2.17. The van der Waals surface area contributed by atoms with E-state index < -0.39 is 11.5 Å². The van der Waals surface area contributed by atoms with Crippen LogP contribution in [0.15, 0.2) is 0 Å². The molecule has 2 amide bonds. The fourth-order valence-corrected chi connectivity index (χ4v) is 3.29. The van der Waals surface area contributed by atoms with Crippen LogP contribution in [-0.2, 0) is 4.79 Å². The number of urea groups is 1. The number of rotatable bonds is 3. The van der Waals surface area contributed by atoms with Crippen LogP contribution < -0.4 is 10.6 Å². The van der Waals surface area contributed by atoms with Gasteiger partial charge in [-0.05, 0) is 46.6 Å². The zero-order valence-corrected chi connectivity index (χ0v) is 12.5. The van der Waals surface area contributed by atoms with E-state index in [1.807, 2.05) is 0 Å². The van der Waals surface area contributed by atoms with Gasteiger partial charge in [0.2, 0.25) is 0 Å². The Balaban J connectivity index is 1.88. The zero-order valence-electron chi connectivity index (χ0n) is 12.5. The molecule has 0 radical (unpaired) electrons. The molecule has 0 aromatic rings. The van der Waals surface area contributed by atoms with Crippen molar-refractivity contribution in [3.05, 3.63) is 0 Å². The summed E-state index contributed by atoms with van der Waals surface area (Å²) in [5, 5.41) is 14.5. The summed E-state index contributed by atoms with van der Waals surface area (Å²) >= 11 is 0. The van der Waals surface area contributed by atoms with Gasteiger partial charge in [-0.15, -0.1) is 0 Å². The molecule has 114 valence electrons. The summed E-state index contributed by atoms with van der Waals surface area (Å²) in [6.07, 6.45) is 5.55. The van der Waals surface area contributed by atoms with Crippen molar-refractivity contribution < 1.29 is 14.7 Å². The summed E-state index contributed by atoms with van der Waals surface area (Å²) in [4.78, 5) is 25.4. The van der Waals surface area contributed by atoms with Crippen LogP contribution in [0.4, 0.5) is 4.79 Å². The van der Waals surface area contributed by atoms with Crippen LogP contribution in [0, 0.1) is 0 Å². The fraction of sp³-hybridized carbons (Fsp3) is 0.857. The van der Waals surface area contributed by atoms with E-state index >= 15 is 0 Å². The highest BCUT2D eigenvalue weighted by Gasteiger charge is 2.37. The SMILES string of the molecule is CN1C2CCCC1CC(NC(=O)NC(C)(C)C(=O)O)C2. The third-order valence-electron chi connectivity index (χ3n) is 4.64. The standard InChI is InChI=1S/C14H25N3O3/c1-14(2,12(18)19)16-13(20)15-9-7-10-5-4-6-11(8-9)17(10)3/h9-11H,4-8H2,1-3H3,(H,18,19)(H2,15,16,20). The number of amides is 2. The molecule has 2 bridgehead atoms. The number of fused-ring (bicyclic) bond motifs is 2. The van der Waals surface area contributed by atoms with E-state index in [0.29, 0.717) is 12.1 Å². The topological polar surface area (TPSA) is 81.7 Å². The van der Waals surface area contributed by atoms with Gasteiger partial charge in [-0.1, -0.05) is 6.42 Å². The average molecular weight is 283 g/mol. The molecule has 2 atom stereocenters. The predicted octanol–water partition coefficient (Wildman–Crippen LogP) is 1.16. The molecule has 0 aliphatic carbocycles. The predicted molar refractivity (Wildman–Crippen MR) is 75.6 cm³/mol. The van der Waals surface area contributed by atoms with E-state index in [-0.39, 0.29) is 12.1 Å². The second kappa shape index (κ2) is 5.60. The Bertz CT molecular complexity index is 383. The number of carbonyl (C=O) groups excluding carboxylic acids is 1. The van der Waals surface area contributed by atoms with Crippen LogP contribution in [0.3, 0.4) is 0 Å². The highest BCUT2D eigenvalue weighted by molar-refractivity contribution is 5.85. The van der Waals surface area contributed by atoms with Gasteiger partial charge in [0, 0.05) is 18.1 Å². The summed E-state index contributed by atoms with van der Waals surface area (Å²) in [6, 6.07) is 0.844. The number of carboxylic acid groups (broad SMARTS) is 1. The minimum absolute atomic E-state index is 0.145. The van der Waals surface area contributed by atoms with Gasteiger partial charge in [0.15, 0.2) is 0 Å². The summed E-state index contributed by atoms with van der Waals surface area (Å²) in [5.74, 6) is -1.03. The molecule has 0 aromatic carbocycles. The Morgan fingerprint density at radius 3 is 2.25 bits per heavy atom. The number of nitrogens with one attached hydrogen (secondary N) is 2. The van der Waals surface area contributed by atoms with Gasteiger partial charge in [0.25, 0.3) is 0 Å². The fourth-order valence-electron chi connectivity index (χ4n) is 3.29. The molecule has 2 aliphatic heterocycles. The molecule has 0 spiro atoms. The lowest BCUT2D eigenvalue weighted by molar-refractivity contribution is -0.142. The molecule has 0 aromatic heterocycles. The van der Waals surface area contributed by atoms with Crippen molar-refractivity contribution in [1.82, 2.24) is 15.5 Å². The molecule has 2 rings (SSSR count). The van der Waals surface area contributed by atoms with Crippen LogP contribution in [0.1, 0.15) is 46.0 Å². The first-order chi connectivity index (χ1) is 9.29. The Labute approximate surface area is 119 Å². The van der Waals surface area contributed by atoms with Gasteiger partial charge in [-0.3, -0.25) is 0 Å². The molecule has 2 unspecified atom stereocenters. The number of aliphatic carboxylic acids is 1. The summed E-state index contributed by atoms with van der Waals surface area (Å²) < 4.78 is 0. The van der Waals surface area contributed by atoms with Crippen molar-refractivity contribution >= 4 is 12.0 Å². The van der Waals surface area contributed by atoms with E-state index in [4.69, 9.17) is 5.11 Å². The molecule has 2 saturated heterocycles. The van der Waals surface area contributed by atoms with Gasteiger partial charge in [-0.25, -0.2) is 9.59 Å². The van der Waals surface area contributed by atoms with E-state index in [0.717, 1.165) is 12.8 Å². The third kappa shape index (κ3) is 3.23. The Kier molecular flexibility index (Phi) is 4.22. The zero-order chi connectivity index (χ0) is 14.9. The lowest BCUT2D eigenvalue weighted by Gasteiger charge is -2.47. The third-order valence-corrected chi connectivity index (χ3v) is 4.64. The van der Waals surface area contributed by atoms with E-state index in [2.05, 4.69) is 22.6 Å². The quantitative estimate of drug-likeness (QED) is 0.726. The first kappa shape index (κ1) is 15.1. The van der Waals surface area contributed by atoms with Crippen LogP contribution in [0.25, 0.3) is 0 Å². The smallest absolute Gasteiger partial charge is 0.328 e. The molecule has 2 heterocycles. The van der Waals surface area contributed by atoms with Gasteiger partial charge < -0.3 is 20.6 Å². The van der Waals surface area contributed by atoms with Crippen LogP contribution >= 0.6 is 0 Å². The van der Waals surface area contributed by atoms with E-state index in [9.17, 15) is 9.59 Å². The largest absolute Gasteiger partial charge is 0.480 e. The highest BCUT2D eigenvalue weighted by atomic mass is 16.4. The molecule has 0 saturated carbocycles. The molecule has 6 nitrogen and oxygen atoms in total. The van der Waals surface area contributed by atoms with Crippen molar-refractivity contribution in [2.24, 2.45) is 0 Å². The minimum Gasteiger partial charge on any atom is -0.480 e. The van der Waals surface area contributed by atoms with Gasteiger partial charge >= 0.3 is 12.0 Å². The molecule has 6 heteroatoms. The maximum absolute atomic E-state index is 11.9. The number of hydrogen-bond acceptors (Lipinski definition) is 3.